The van der Waals surface area contributed by atoms with Crippen LogP contribution in [0.1, 0.15) is 42.1 Å². The lowest BCUT2D eigenvalue weighted by Gasteiger charge is -2.34. The van der Waals surface area contributed by atoms with Gasteiger partial charge >= 0.3 is 6.09 Å². The van der Waals surface area contributed by atoms with Crippen molar-refractivity contribution < 1.29 is 33.0 Å². The molecule has 2 aromatic rings. The van der Waals surface area contributed by atoms with Gasteiger partial charge in [-0.15, -0.1) is 0 Å². The fraction of sp³-hybridized carbons (Fsp3) is 0.417. The highest BCUT2D eigenvalue weighted by Crippen LogP contribution is 2.34. The van der Waals surface area contributed by atoms with Gasteiger partial charge in [-0.1, -0.05) is 32.0 Å². The van der Waals surface area contributed by atoms with Crippen LogP contribution in [0.2, 0.25) is 0 Å². The molecule has 2 amide bonds. The first-order valence-electron chi connectivity index (χ1n) is 10.5. The molecule has 0 aromatic heterocycles. The lowest BCUT2D eigenvalue weighted by molar-refractivity contribution is -0.121. The molecule has 33 heavy (non-hydrogen) atoms. The Labute approximate surface area is 191 Å². The Bertz CT molecular complexity index is 1030. The van der Waals surface area contributed by atoms with Crippen molar-refractivity contribution in [2.24, 2.45) is 0 Å². The van der Waals surface area contributed by atoms with E-state index in [1.165, 1.54) is 7.11 Å². The summed E-state index contributed by atoms with van der Waals surface area (Å²) in [6.45, 7) is 3.90. The minimum atomic E-state index is -1.25. The van der Waals surface area contributed by atoms with Crippen LogP contribution in [0.5, 0.6) is 0 Å². The van der Waals surface area contributed by atoms with Crippen LogP contribution in [-0.2, 0) is 32.7 Å². The van der Waals surface area contributed by atoms with E-state index in [0.717, 1.165) is 28.2 Å². The average molecular weight is 462 g/mol. The number of fused-ring (bicyclic) bond motifs is 1. The van der Waals surface area contributed by atoms with Crippen LogP contribution in [0, 0.1) is 11.6 Å². The molecule has 1 heterocycles. The Balaban J connectivity index is 1.93. The van der Waals surface area contributed by atoms with Gasteiger partial charge in [-0.05, 0) is 35.2 Å². The second-order valence-electron chi connectivity index (χ2n) is 8.72. The van der Waals surface area contributed by atoms with Crippen molar-refractivity contribution in [2.75, 3.05) is 32.7 Å². The predicted octanol–water partition coefficient (Wildman–Crippen LogP) is 4.25. The summed E-state index contributed by atoms with van der Waals surface area (Å²) in [5.74, 6) is -2.34. The molecule has 1 aliphatic rings. The van der Waals surface area contributed by atoms with Gasteiger partial charge in [0.05, 0.1) is 13.2 Å². The van der Waals surface area contributed by atoms with E-state index in [9.17, 15) is 23.5 Å². The van der Waals surface area contributed by atoms with Gasteiger partial charge in [0.15, 0.2) is 0 Å². The zero-order chi connectivity index (χ0) is 24.3. The summed E-state index contributed by atoms with van der Waals surface area (Å²) >= 11 is 0. The van der Waals surface area contributed by atoms with Crippen molar-refractivity contribution in [1.29, 1.82) is 0 Å². The van der Waals surface area contributed by atoms with E-state index in [1.54, 1.807) is 33.1 Å². The number of ether oxygens (including phenoxy) is 2. The van der Waals surface area contributed by atoms with E-state index in [2.05, 4.69) is 5.32 Å². The number of anilines is 1. The molecule has 0 spiro atoms. The van der Waals surface area contributed by atoms with Crippen LogP contribution >= 0.6 is 0 Å². The van der Waals surface area contributed by atoms with Gasteiger partial charge in [-0.3, -0.25) is 9.69 Å². The normalized spacial score (nSPS) is 15.8. The van der Waals surface area contributed by atoms with Crippen LogP contribution in [0.25, 0.3) is 0 Å². The molecule has 1 aliphatic heterocycles. The molecule has 3 rings (SSSR count). The van der Waals surface area contributed by atoms with Crippen LogP contribution in [0.4, 0.5) is 19.3 Å². The van der Waals surface area contributed by atoms with Crippen LogP contribution in [-0.4, -0.2) is 49.4 Å². The summed E-state index contributed by atoms with van der Waals surface area (Å²) in [7, 11) is 3.02. The largest absolute Gasteiger partial charge is 0.465 e. The van der Waals surface area contributed by atoms with Crippen LogP contribution in [0.15, 0.2) is 30.3 Å². The third-order valence-corrected chi connectivity index (χ3v) is 5.73. The number of rotatable bonds is 7. The maximum atomic E-state index is 14.8. The number of nitrogens with one attached hydrogen (secondary N) is 1. The maximum absolute atomic E-state index is 14.8. The number of hydrogen-bond donors (Lipinski definition) is 2. The maximum Gasteiger partial charge on any atom is 0.408 e. The summed E-state index contributed by atoms with van der Waals surface area (Å²) in [6.07, 6.45) is -0.814. The Morgan fingerprint density at radius 3 is 2.39 bits per heavy atom. The number of hydrogen-bond acceptors (Lipinski definition) is 4. The number of carbonyl (C=O) groups is 2. The van der Waals surface area contributed by atoms with Gasteiger partial charge in [0.25, 0.3) is 5.91 Å². The summed E-state index contributed by atoms with van der Waals surface area (Å²) in [4.78, 5) is 26.0. The van der Waals surface area contributed by atoms with Crippen molar-refractivity contribution in [3.63, 3.8) is 0 Å². The molecule has 0 fully saturated rings. The van der Waals surface area contributed by atoms with E-state index in [4.69, 9.17) is 9.47 Å². The number of halogens is 2. The molecule has 178 valence electrons. The smallest absolute Gasteiger partial charge is 0.408 e. The first kappa shape index (κ1) is 24.6. The van der Waals surface area contributed by atoms with Gasteiger partial charge < -0.3 is 19.9 Å². The second-order valence-corrected chi connectivity index (χ2v) is 8.72. The number of carboxylic acid groups (broad SMARTS) is 1. The number of benzene rings is 2. The van der Waals surface area contributed by atoms with E-state index in [0.29, 0.717) is 18.6 Å². The fourth-order valence-electron chi connectivity index (χ4n) is 4.36. The number of nitrogens with zero attached hydrogens (tertiary/aromatic N) is 1. The molecule has 0 unspecified atom stereocenters. The van der Waals surface area contributed by atoms with E-state index >= 15 is 0 Å². The minimum absolute atomic E-state index is 0.0968. The second kappa shape index (κ2) is 9.84. The number of carbonyl (C=O) groups excluding carboxylic acids is 1. The molecule has 7 nitrogen and oxygen atoms in total. The monoisotopic (exact) mass is 462 g/mol. The SMILES string of the molecule is COCc1ccc2c(c1)CCN(C(=O)O)[C@H]2C(=O)Nc1cc(F)c(C(C)(C)COC)c(F)c1. The first-order chi connectivity index (χ1) is 15.6. The molecule has 0 radical (unpaired) electrons. The molecule has 0 saturated heterocycles. The van der Waals surface area contributed by atoms with Gasteiger partial charge in [0.2, 0.25) is 0 Å². The minimum Gasteiger partial charge on any atom is -0.465 e. The Morgan fingerprint density at radius 2 is 1.82 bits per heavy atom. The van der Waals surface area contributed by atoms with Crippen molar-refractivity contribution in [3.05, 3.63) is 64.2 Å². The summed E-state index contributed by atoms with van der Waals surface area (Å²) in [6, 6.07) is 6.25. The molecule has 1 atom stereocenters. The molecular formula is C24H28F2N2O5. The van der Waals surface area contributed by atoms with Crippen molar-refractivity contribution in [2.45, 2.75) is 38.3 Å². The highest BCUT2D eigenvalue weighted by atomic mass is 19.1. The van der Waals surface area contributed by atoms with E-state index < -0.39 is 35.1 Å². The zero-order valence-electron chi connectivity index (χ0n) is 19.1. The standard InChI is InChI=1S/C24H28F2N2O5/c1-24(2,13-33-4)20-18(25)10-16(11-19(20)26)27-22(29)21-17-6-5-14(12-32-3)9-15(17)7-8-28(21)23(30)31/h5-6,9-11,21H,7-8,12-13H2,1-4H3,(H,27,29)(H,30,31)/t21-/m1/s1. The Morgan fingerprint density at radius 1 is 1.15 bits per heavy atom. The zero-order valence-corrected chi connectivity index (χ0v) is 19.1. The summed E-state index contributed by atoms with van der Waals surface area (Å²) in [5.41, 5.74) is 1.09. The lowest BCUT2D eigenvalue weighted by Crippen LogP contribution is -2.44. The highest BCUT2D eigenvalue weighted by molar-refractivity contribution is 5.97. The van der Waals surface area contributed by atoms with Crippen molar-refractivity contribution in [1.82, 2.24) is 4.90 Å². The third-order valence-electron chi connectivity index (χ3n) is 5.73. The predicted molar refractivity (Wildman–Crippen MR) is 118 cm³/mol. The molecule has 2 N–H and O–H groups in total. The molecule has 0 aliphatic carbocycles. The highest BCUT2D eigenvalue weighted by Gasteiger charge is 2.36. The molecule has 2 aromatic carbocycles. The van der Waals surface area contributed by atoms with Crippen LogP contribution < -0.4 is 5.32 Å². The molecular weight excluding hydrogens is 434 g/mol. The average Bonchev–Trinajstić information content (AvgIpc) is 2.72. The van der Waals surface area contributed by atoms with Gasteiger partial charge in [0, 0.05) is 37.4 Å². The molecule has 0 bridgehead atoms. The van der Waals surface area contributed by atoms with E-state index in [1.807, 2.05) is 6.07 Å². The van der Waals surface area contributed by atoms with Gasteiger partial charge in [-0.2, -0.15) is 0 Å². The third kappa shape index (κ3) is 5.15. The number of methoxy groups -OCH3 is 2. The number of amides is 2. The summed E-state index contributed by atoms with van der Waals surface area (Å²) in [5, 5.41) is 12.1. The van der Waals surface area contributed by atoms with E-state index in [-0.39, 0.29) is 24.4 Å². The molecule has 9 heteroatoms. The van der Waals surface area contributed by atoms with Crippen molar-refractivity contribution in [3.8, 4) is 0 Å². The Kier molecular flexibility index (Phi) is 7.34. The topological polar surface area (TPSA) is 88.1 Å². The van der Waals surface area contributed by atoms with Gasteiger partial charge in [0.1, 0.15) is 17.7 Å². The fourth-order valence-corrected chi connectivity index (χ4v) is 4.36. The lowest BCUT2D eigenvalue weighted by atomic mass is 9.84. The quantitative estimate of drug-likeness (QED) is 0.642. The molecule has 0 saturated carbocycles. The van der Waals surface area contributed by atoms with Crippen molar-refractivity contribution >= 4 is 17.7 Å². The van der Waals surface area contributed by atoms with Gasteiger partial charge in [-0.25, -0.2) is 13.6 Å². The Hall–Kier alpha value is -3.04. The first-order valence-corrected chi connectivity index (χ1v) is 10.5. The van der Waals surface area contributed by atoms with Crippen LogP contribution in [0.3, 0.4) is 0 Å². The summed E-state index contributed by atoms with van der Waals surface area (Å²) < 4.78 is 39.8.